The van der Waals surface area contributed by atoms with Crippen LogP contribution in [0.1, 0.15) is 18.9 Å². The highest BCUT2D eigenvalue weighted by Gasteiger charge is 2.20. The van der Waals surface area contributed by atoms with E-state index in [9.17, 15) is 9.70 Å². The topological polar surface area (TPSA) is 55.7 Å². The van der Waals surface area contributed by atoms with Crippen molar-refractivity contribution in [1.29, 1.82) is 0 Å². The van der Waals surface area contributed by atoms with Crippen LogP contribution in [-0.4, -0.2) is 18.6 Å². The Bertz CT molecular complexity index is 657. The van der Waals surface area contributed by atoms with Gasteiger partial charge in [0.2, 0.25) is 0 Å². The molecule has 0 saturated heterocycles. The number of nitrogens with zero attached hydrogens (tertiary/aromatic N) is 1. The first kappa shape index (κ1) is 15.6. The van der Waals surface area contributed by atoms with E-state index < -0.39 is 12.0 Å². The van der Waals surface area contributed by atoms with Crippen LogP contribution in [0.4, 0.5) is 0 Å². The van der Waals surface area contributed by atoms with Crippen LogP contribution in [0.5, 0.6) is 0 Å². The van der Waals surface area contributed by atoms with Crippen molar-refractivity contribution in [2.45, 2.75) is 25.8 Å². The molecule has 0 aromatic heterocycles. The normalized spacial score (nSPS) is 12.1. The van der Waals surface area contributed by atoms with Crippen molar-refractivity contribution >= 4 is 32.7 Å². The number of rotatable bonds is 6. The molecule has 0 bridgehead atoms. The molecule has 2 aromatic rings. The maximum absolute atomic E-state index is 11.6. The van der Waals surface area contributed by atoms with Gasteiger partial charge in [0.05, 0.1) is 6.61 Å². The van der Waals surface area contributed by atoms with E-state index in [0.29, 0.717) is 12.8 Å². The van der Waals surface area contributed by atoms with Gasteiger partial charge in [-0.2, -0.15) is 0 Å². The van der Waals surface area contributed by atoms with Crippen LogP contribution in [0.15, 0.2) is 46.0 Å². The quantitative estimate of drug-likeness (QED) is 0.579. The predicted molar refractivity (Wildman–Crippen MR) is 86.2 cm³/mol. The van der Waals surface area contributed by atoms with Crippen LogP contribution in [0.2, 0.25) is 0 Å². The number of ether oxygens (including phenoxy) is 1. The number of fused-ring (bicyclic) bond motifs is 1. The molecule has 0 radical (unpaired) electrons. The van der Waals surface area contributed by atoms with Crippen molar-refractivity contribution in [1.82, 2.24) is 0 Å². The summed E-state index contributed by atoms with van der Waals surface area (Å²) in [6, 6.07) is 11.1. The summed E-state index contributed by atoms with van der Waals surface area (Å²) < 4.78 is 5.83. The second-order valence-corrected chi connectivity index (χ2v) is 5.46. The molecule has 110 valence electrons. The molecule has 1 atom stereocenters. The van der Waals surface area contributed by atoms with E-state index in [4.69, 9.17) is 4.74 Å². The summed E-state index contributed by atoms with van der Waals surface area (Å²) in [6.45, 7) is 1.96. The Hall–Kier alpha value is -1.75. The number of hydrogen-bond donors (Lipinski definition) is 0. The summed E-state index contributed by atoms with van der Waals surface area (Å²) in [5.74, 6) is -0.551. The number of carbonyl (C=O) groups is 1. The number of esters is 1. The molecule has 0 N–H and O–H groups in total. The average Bonchev–Trinajstić information content (AvgIpc) is 2.50. The van der Waals surface area contributed by atoms with Crippen molar-refractivity contribution in [2.75, 3.05) is 6.61 Å². The van der Waals surface area contributed by atoms with Crippen molar-refractivity contribution < 1.29 is 9.53 Å². The first-order valence-electron chi connectivity index (χ1n) is 6.82. The highest BCUT2D eigenvalue weighted by molar-refractivity contribution is 9.10. The minimum absolute atomic E-state index is 0.254. The van der Waals surface area contributed by atoms with E-state index in [0.717, 1.165) is 20.8 Å². The third kappa shape index (κ3) is 3.67. The van der Waals surface area contributed by atoms with E-state index in [1.807, 2.05) is 36.4 Å². The molecule has 1 unspecified atom stereocenters. The van der Waals surface area contributed by atoms with Crippen LogP contribution in [-0.2, 0) is 16.0 Å². The third-order valence-electron chi connectivity index (χ3n) is 3.32. The van der Waals surface area contributed by atoms with E-state index in [-0.39, 0.29) is 6.61 Å². The van der Waals surface area contributed by atoms with Crippen LogP contribution >= 0.6 is 15.9 Å². The second-order valence-electron chi connectivity index (χ2n) is 4.67. The molecule has 0 aliphatic rings. The zero-order valence-electron chi connectivity index (χ0n) is 11.7. The molecule has 2 aromatic carbocycles. The summed E-state index contributed by atoms with van der Waals surface area (Å²) in [6.07, 6.45) is 0.930. The molecule has 0 heterocycles. The zero-order valence-corrected chi connectivity index (χ0v) is 13.3. The zero-order chi connectivity index (χ0) is 15.2. The standard InChI is InChI=1S/C16H16BrNO3/c1-2-21-16(19)14(18-20)10-9-12-8-7-11-5-3-4-6-13(11)15(12)17/h3-8,14H,2,9-10H2,1H3. The Morgan fingerprint density at radius 1 is 1.29 bits per heavy atom. The Labute approximate surface area is 131 Å². The Morgan fingerprint density at radius 3 is 2.76 bits per heavy atom. The summed E-state index contributed by atoms with van der Waals surface area (Å²) >= 11 is 3.60. The molecule has 0 aliphatic heterocycles. The Balaban J connectivity index is 2.14. The number of benzene rings is 2. The largest absolute Gasteiger partial charge is 0.464 e. The molecule has 0 amide bonds. The fourth-order valence-corrected chi connectivity index (χ4v) is 2.91. The van der Waals surface area contributed by atoms with Gasteiger partial charge in [-0.3, -0.25) is 0 Å². The van der Waals surface area contributed by atoms with Gasteiger partial charge in [0.15, 0.2) is 6.04 Å². The van der Waals surface area contributed by atoms with Gasteiger partial charge in [0.25, 0.3) is 0 Å². The summed E-state index contributed by atoms with van der Waals surface area (Å²) in [5, 5.41) is 5.13. The van der Waals surface area contributed by atoms with Crippen molar-refractivity contribution in [2.24, 2.45) is 5.18 Å². The first-order chi connectivity index (χ1) is 10.2. The van der Waals surface area contributed by atoms with Gasteiger partial charge in [-0.1, -0.05) is 41.6 Å². The second kappa shape index (κ2) is 7.31. The lowest BCUT2D eigenvalue weighted by Gasteiger charge is -2.10. The number of carbonyl (C=O) groups excluding carboxylic acids is 1. The van der Waals surface area contributed by atoms with E-state index in [2.05, 4.69) is 21.1 Å². The van der Waals surface area contributed by atoms with Crippen LogP contribution in [0.3, 0.4) is 0 Å². The van der Waals surface area contributed by atoms with E-state index in [1.54, 1.807) is 6.92 Å². The first-order valence-corrected chi connectivity index (χ1v) is 7.62. The van der Waals surface area contributed by atoms with Gasteiger partial charge in [-0.15, -0.1) is 4.91 Å². The SMILES string of the molecule is CCOC(=O)C(CCc1ccc2ccccc2c1Br)N=O. The highest BCUT2D eigenvalue weighted by atomic mass is 79.9. The molecular formula is C16H16BrNO3. The van der Waals surface area contributed by atoms with E-state index >= 15 is 0 Å². The fraction of sp³-hybridized carbons (Fsp3) is 0.312. The third-order valence-corrected chi connectivity index (χ3v) is 4.25. The van der Waals surface area contributed by atoms with Gasteiger partial charge in [0.1, 0.15) is 0 Å². The van der Waals surface area contributed by atoms with Crippen LogP contribution < -0.4 is 0 Å². The molecule has 0 fully saturated rings. The Kier molecular flexibility index (Phi) is 5.44. The van der Waals surface area contributed by atoms with Gasteiger partial charge < -0.3 is 4.74 Å². The van der Waals surface area contributed by atoms with Gasteiger partial charge in [-0.25, -0.2) is 4.79 Å². The lowest BCUT2D eigenvalue weighted by molar-refractivity contribution is -0.144. The van der Waals surface area contributed by atoms with Crippen molar-refractivity contribution in [3.8, 4) is 0 Å². The lowest BCUT2D eigenvalue weighted by atomic mass is 10.0. The molecule has 0 saturated carbocycles. The number of nitroso groups, excluding NO2 is 1. The summed E-state index contributed by atoms with van der Waals surface area (Å²) in [4.78, 5) is 22.3. The predicted octanol–water partition coefficient (Wildman–Crippen LogP) is 4.23. The summed E-state index contributed by atoms with van der Waals surface area (Å²) in [7, 11) is 0. The van der Waals surface area contributed by atoms with Crippen LogP contribution in [0, 0.1) is 4.91 Å². The van der Waals surface area contributed by atoms with Crippen molar-refractivity contribution in [3.63, 3.8) is 0 Å². The smallest absolute Gasteiger partial charge is 0.334 e. The van der Waals surface area contributed by atoms with E-state index in [1.165, 1.54) is 0 Å². The number of halogens is 1. The van der Waals surface area contributed by atoms with Gasteiger partial charge >= 0.3 is 5.97 Å². The van der Waals surface area contributed by atoms with Crippen molar-refractivity contribution in [3.05, 3.63) is 51.3 Å². The molecule has 4 nitrogen and oxygen atoms in total. The monoisotopic (exact) mass is 349 g/mol. The highest BCUT2D eigenvalue weighted by Crippen LogP contribution is 2.28. The molecule has 5 heteroatoms. The fourth-order valence-electron chi connectivity index (χ4n) is 2.22. The molecule has 21 heavy (non-hydrogen) atoms. The number of aryl methyl sites for hydroxylation is 1. The minimum atomic E-state index is -0.941. The van der Waals surface area contributed by atoms with Crippen LogP contribution in [0.25, 0.3) is 10.8 Å². The Morgan fingerprint density at radius 2 is 2.05 bits per heavy atom. The summed E-state index contributed by atoms with van der Waals surface area (Å²) in [5.41, 5.74) is 1.05. The average molecular weight is 350 g/mol. The molecule has 0 spiro atoms. The number of hydrogen-bond acceptors (Lipinski definition) is 4. The maximum Gasteiger partial charge on any atom is 0.334 e. The minimum Gasteiger partial charge on any atom is -0.464 e. The van der Waals surface area contributed by atoms with Gasteiger partial charge in [-0.05, 0) is 52.0 Å². The molecule has 2 rings (SSSR count). The molecular weight excluding hydrogens is 334 g/mol. The molecule has 0 aliphatic carbocycles. The lowest BCUT2D eigenvalue weighted by Crippen LogP contribution is -2.21. The maximum atomic E-state index is 11.6. The van der Waals surface area contributed by atoms with Gasteiger partial charge in [0, 0.05) is 4.47 Å².